The van der Waals surface area contributed by atoms with Crippen molar-refractivity contribution in [2.75, 3.05) is 18.8 Å². The summed E-state index contributed by atoms with van der Waals surface area (Å²) in [7, 11) is 0. The first-order valence-corrected chi connectivity index (χ1v) is 7.81. The Hall–Kier alpha value is -1.57. The largest absolute Gasteiger partial charge is 0.480 e. The molecule has 0 bridgehead atoms. The van der Waals surface area contributed by atoms with Gasteiger partial charge in [0.2, 0.25) is 5.91 Å². The fraction of sp³-hybridized carbons (Fsp3) is 0.692. The standard InChI is InChI=1S/C13H22N4O3S/c1-9(2)5-16(6-12(19)20)11(18)7-21-13-15-14-8-17(13)10(3)4/h8-10H,5-7H2,1-4H3,(H,19,20). The highest BCUT2D eigenvalue weighted by molar-refractivity contribution is 7.99. The maximum absolute atomic E-state index is 12.2. The van der Waals surface area contributed by atoms with Gasteiger partial charge < -0.3 is 14.6 Å². The van der Waals surface area contributed by atoms with Crippen LogP contribution < -0.4 is 0 Å². The number of aromatic nitrogens is 3. The number of carboxylic acids is 1. The van der Waals surface area contributed by atoms with E-state index >= 15 is 0 Å². The van der Waals surface area contributed by atoms with E-state index < -0.39 is 5.97 Å². The number of thioether (sulfide) groups is 1. The molecule has 8 heteroatoms. The molecule has 1 aromatic heterocycles. The topological polar surface area (TPSA) is 88.3 Å². The summed E-state index contributed by atoms with van der Waals surface area (Å²) in [4.78, 5) is 24.4. The molecular formula is C13H22N4O3S. The number of carbonyl (C=O) groups excluding carboxylic acids is 1. The third-order valence-electron chi connectivity index (χ3n) is 2.69. The number of carbonyl (C=O) groups is 2. The maximum Gasteiger partial charge on any atom is 0.323 e. The predicted molar refractivity (Wildman–Crippen MR) is 80.2 cm³/mol. The van der Waals surface area contributed by atoms with Gasteiger partial charge in [-0.05, 0) is 19.8 Å². The van der Waals surface area contributed by atoms with Crippen LogP contribution in [0.1, 0.15) is 33.7 Å². The lowest BCUT2D eigenvalue weighted by atomic mass is 10.2. The molecule has 1 rings (SSSR count). The molecule has 0 aliphatic heterocycles. The van der Waals surface area contributed by atoms with Gasteiger partial charge in [0.15, 0.2) is 5.16 Å². The van der Waals surface area contributed by atoms with Crippen molar-refractivity contribution in [3.63, 3.8) is 0 Å². The van der Waals surface area contributed by atoms with Crippen LogP contribution >= 0.6 is 11.8 Å². The fourth-order valence-corrected chi connectivity index (χ4v) is 2.71. The van der Waals surface area contributed by atoms with Crippen molar-refractivity contribution in [2.45, 2.75) is 38.9 Å². The summed E-state index contributed by atoms with van der Waals surface area (Å²) in [6, 6.07) is 0.211. The highest BCUT2D eigenvalue weighted by Gasteiger charge is 2.19. The molecule has 0 aliphatic rings. The minimum Gasteiger partial charge on any atom is -0.480 e. The Morgan fingerprint density at radius 1 is 1.38 bits per heavy atom. The zero-order valence-corrected chi connectivity index (χ0v) is 13.6. The van der Waals surface area contributed by atoms with E-state index in [1.54, 1.807) is 6.33 Å². The van der Waals surface area contributed by atoms with Crippen molar-refractivity contribution >= 4 is 23.6 Å². The molecule has 0 aliphatic carbocycles. The van der Waals surface area contributed by atoms with E-state index in [0.717, 1.165) is 0 Å². The van der Waals surface area contributed by atoms with Gasteiger partial charge in [0.1, 0.15) is 12.9 Å². The molecule has 0 radical (unpaired) electrons. The smallest absolute Gasteiger partial charge is 0.323 e. The lowest BCUT2D eigenvalue weighted by Gasteiger charge is -2.22. The first-order chi connectivity index (χ1) is 9.81. The Labute approximate surface area is 128 Å². The molecular weight excluding hydrogens is 292 g/mol. The van der Waals surface area contributed by atoms with Crippen LogP contribution in [0.4, 0.5) is 0 Å². The van der Waals surface area contributed by atoms with Crippen LogP contribution in [0.3, 0.4) is 0 Å². The van der Waals surface area contributed by atoms with E-state index in [1.165, 1.54) is 16.7 Å². The van der Waals surface area contributed by atoms with Gasteiger partial charge in [0.05, 0.1) is 5.75 Å². The van der Waals surface area contributed by atoms with E-state index in [-0.39, 0.29) is 30.2 Å². The molecule has 21 heavy (non-hydrogen) atoms. The van der Waals surface area contributed by atoms with Gasteiger partial charge in [-0.25, -0.2) is 0 Å². The highest BCUT2D eigenvalue weighted by Crippen LogP contribution is 2.19. The second-order valence-electron chi connectivity index (χ2n) is 5.47. The minimum atomic E-state index is -1.00. The van der Waals surface area contributed by atoms with Crippen LogP contribution in [0.5, 0.6) is 0 Å². The summed E-state index contributed by atoms with van der Waals surface area (Å²) < 4.78 is 1.88. The van der Waals surface area contributed by atoms with Gasteiger partial charge in [-0.15, -0.1) is 10.2 Å². The third-order valence-corrected chi connectivity index (χ3v) is 3.63. The number of carboxylic acid groups (broad SMARTS) is 1. The second kappa shape index (κ2) is 8.02. The van der Waals surface area contributed by atoms with E-state index in [1.807, 2.05) is 32.3 Å². The first kappa shape index (κ1) is 17.5. The van der Waals surface area contributed by atoms with Crippen LogP contribution in [-0.4, -0.2) is 55.5 Å². The van der Waals surface area contributed by atoms with Gasteiger partial charge in [-0.1, -0.05) is 25.6 Å². The van der Waals surface area contributed by atoms with Crippen molar-refractivity contribution in [1.82, 2.24) is 19.7 Å². The third kappa shape index (κ3) is 5.74. The Morgan fingerprint density at radius 2 is 2.05 bits per heavy atom. The van der Waals surface area contributed by atoms with E-state index in [2.05, 4.69) is 10.2 Å². The second-order valence-corrected chi connectivity index (χ2v) is 6.41. The normalized spacial score (nSPS) is 11.1. The van der Waals surface area contributed by atoms with E-state index in [4.69, 9.17) is 5.11 Å². The molecule has 0 spiro atoms. The number of aliphatic carboxylic acids is 1. The quantitative estimate of drug-likeness (QED) is 0.732. The Morgan fingerprint density at radius 3 is 2.57 bits per heavy atom. The molecule has 0 atom stereocenters. The van der Waals surface area contributed by atoms with Crippen molar-refractivity contribution < 1.29 is 14.7 Å². The van der Waals surface area contributed by atoms with Crippen LogP contribution in [0.25, 0.3) is 0 Å². The van der Waals surface area contributed by atoms with Crippen molar-refractivity contribution in [3.05, 3.63) is 6.33 Å². The average molecular weight is 314 g/mol. The molecule has 0 saturated carbocycles. The summed E-state index contributed by atoms with van der Waals surface area (Å²) in [5, 5.41) is 17.4. The van der Waals surface area contributed by atoms with Crippen molar-refractivity contribution in [3.8, 4) is 0 Å². The molecule has 118 valence electrons. The van der Waals surface area contributed by atoms with Gasteiger partial charge in [-0.2, -0.15) is 0 Å². The number of nitrogens with zero attached hydrogens (tertiary/aromatic N) is 4. The summed E-state index contributed by atoms with van der Waals surface area (Å²) >= 11 is 1.28. The minimum absolute atomic E-state index is 0.158. The number of rotatable bonds is 8. The molecule has 1 amide bonds. The Balaban J connectivity index is 2.64. The van der Waals surface area contributed by atoms with Gasteiger partial charge >= 0.3 is 5.97 Å². The van der Waals surface area contributed by atoms with Gasteiger partial charge in [-0.3, -0.25) is 9.59 Å². The lowest BCUT2D eigenvalue weighted by molar-refractivity contribution is -0.143. The number of hydrogen-bond donors (Lipinski definition) is 1. The molecule has 0 saturated heterocycles. The Bertz CT molecular complexity index is 488. The number of hydrogen-bond acceptors (Lipinski definition) is 5. The van der Waals surface area contributed by atoms with Crippen LogP contribution in [0, 0.1) is 5.92 Å². The van der Waals surface area contributed by atoms with Crippen LogP contribution in [-0.2, 0) is 9.59 Å². The summed E-state index contributed by atoms with van der Waals surface area (Å²) in [6.45, 7) is 8.07. The fourth-order valence-electron chi connectivity index (χ4n) is 1.77. The SMILES string of the molecule is CC(C)CN(CC(=O)O)C(=O)CSc1nncn1C(C)C. The first-order valence-electron chi connectivity index (χ1n) is 6.83. The zero-order valence-electron chi connectivity index (χ0n) is 12.8. The molecule has 0 unspecified atom stereocenters. The predicted octanol–water partition coefficient (Wildman–Crippen LogP) is 1.52. The monoisotopic (exact) mass is 314 g/mol. The number of amides is 1. The van der Waals surface area contributed by atoms with Gasteiger partial charge in [0.25, 0.3) is 0 Å². The van der Waals surface area contributed by atoms with E-state index in [0.29, 0.717) is 11.7 Å². The summed E-state index contributed by atoms with van der Waals surface area (Å²) in [5.41, 5.74) is 0. The molecule has 1 heterocycles. The van der Waals surface area contributed by atoms with E-state index in [9.17, 15) is 9.59 Å². The molecule has 1 N–H and O–H groups in total. The average Bonchev–Trinajstić information content (AvgIpc) is 2.82. The van der Waals surface area contributed by atoms with Crippen LogP contribution in [0.2, 0.25) is 0 Å². The highest BCUT2D eigenvalue weighted by atomic mass is 32.2. The summed E-state index contributed by atoms with van der Waals surface area (Å²) in [6.07, 6.45) is 1.63. The molecule has 0 fully saturated rings. The molecule has 7 nitrogen and oxygen atoms in total. The van der Waals surface area contributed by atoms with Crippen molar-refractivity contribution in [2.24, 2.45) is 5.92 Å². The molecule has 1 aromatic rings. The summed E-state index contributed by atoms with van der Waals surface area (Å²) in [5.74, 6) is -0.822. The zero-order chi connectivity index (χ0) is 16.0. The Kier molecular flexibility index (Phi) is 6.67. The van der Waals surface area contributed by atoms with Crippen LogP contribution in [0.15, 0.2) is 11.5 Å². The maximum atomic E-state index is 12.2. The molecule has 0 aromatic carbocycles. The van der Waals surface area contributed by atoms with Gasteiger partial charge in [0, 0.05) is 12.6 Å². The van der Waals surface area contributed by atoms with Crippen molar-refractivity contribution in [1.29, 1.82) is 0 Å². The lowest BCUT2D eigenvalue weighted by Crippen LogP contribution is -2.39.